The SMILES string of the molecule is CCCCCCN(CCCCCC)S(=O)(=O)C(C#N)CCC. The van der Waals surface area contributed by atoms with E-state index in [1.54, 1.807) is 4.31 Å². The zero-order chi connectivity index (χ0) is 16.8. The third-order valence-corrected chi connectivity index (χ3v) is 6.08. The van der Waals surface area contributed by atoms with Gasteiger partial charge in [0.25, 0.3) is 0 Å². The van der Waals surface area contributed by atoms with Crippen LogP contribution in [0.15, 0.2) is 0 Å². The van der Waals surface area contributed by atoms with Gasteiger partial charge in [0.05, 0.1) is 6.07 Å². The number of nitrogens with zero attached hydrogens (tertiary/aromatic N) is 2. The lowest BCUT2D eigenvalue weighted by atomic mass is 10.2. The normalized spacial score (nSPS) is 13.2. The number of sulfonamides is 1. The second-order valence-corrected chi connectivity index (χ2v) is 8.09. The Hall–Kier alpha value is -0.600. The Morgan fingerprint density at radius 1 is 0.864 bits per heavy atom. The van der Waals surface area contributed by atoms with Crippen LogP contribution in [0.1, 0.15) is 85.0 Å². The molecular formula is C17H34N2O2S. The molecule has 0 heterocycles. The number of nitriles is 1. The molecule has 0 aromatic carbocycles. The van der Waals surface area contributed by atoms with Gasteiger partial charge in [-0.05, 0) is 19.3 Å². The molecule has 130 valence electrons. The summed E-state index contributed by atoms with van der Waals surface area (Å²) in [4.78, 5) is 0. The van der Waals surface area contributed by atoms with Crippen molar-refractivity contribution >= 4 is 10.0 Å². The monoisotopic (exact) mass is 330 g/mol. The molecule has 5 heteroatoms. The summed E-state index contributed by atoms with van der Waals surface area (Å²) in [5.74, 6) is 0. The summed E-state index contributed by atoms with van der Waals surface area (Å²) in [6, 6.07) is 2.00. The van der Waals surface area contributed by atoms with Gasteiger partial charge in [0.15, 0.2) is 5.25 Å². The van der Waals surface area contributed by atoms with Crippen LogP contribution in [-0.4, -0.2) is 31.1 Å². The standard InChI is InChI=1S/C17H34N2O2S/c1-4-7-9-11-14-19(15-12-10-8-5-2)22(20,21)17(16-18)13-6-3/h17H,4-15H2,1-3H3. The topological polar surface area (TPSA) is 61.2 Å². The molecule has 1 atom stereocenters. The van der Waals surface area contributed by atoms with Crippen molar-refractivity contribution in [2.24, 2.45) is 0 Å². The van der Waals surface area contributed by atoms with E-state index in [2.05, 4.69) is 13.8 Å². The molecule has 22 heavy (non-hydrogen) atoms. The van der Waals surface area contributed by atoms with E-state index in [0.717, 1.165) is 57.8 Å². The molecule has 0 spiro atoms. The second kappa shape index (κ2) is 12.9. The summed E-state index contributed by atoms with van der Waals surface area (Å²) < 4.78 is 27.0. The highest BCUT2D eigenvalue weighted by atomic mass is 32.2. The van der Waals surface area contributed by atoms with Gasteiger partial charge in [0, 0.05) is 13.1 Å². The summed E-state index contributed by atoms with van der Waals surface area (Å²) in [6.45, 7) is 7.35. The van der Waals surface area contributed by atoms with Crippen LogP contribution in [0.4, 0.5) is 0 Å². The van der Waals surface area contributed by atoms with Gasteiger partial charge in [0.2, 0.25) is 10.0 Å². The fourth-order valence-corrected chi connectivity index (χ4v) is 4.31. The predicted molar refractivity (Wildman–Crippen MR) is 93.1 cm³/mol. The zero-order valence-corrected chi connectivity index (χ0v) is 15.5. The van der Waals surface area contributed by atoms with Gasteiger partial charge < -0.3 is 0 Å². The van der Waals surface area contributed by atoms with E-state index in [1.165, 1.54) is 0 Å². The Kier molecular flexibility index (Phi) is 12.5. The molecule has 1 unspecified atom stereocenters. The van der Waals surface area contributed by atoms with Gasteiger partial charge in [-0.25, -0.2) is 12.7 Å². The highest BCUT2D eigenvalue weighted by Crippen LogP contribution is 2.17. The fourth-order valence-electron chi connectivity index (χ4n) is 2.52. The van der Waals surface area contributed by atoms with E-state index in [0.29, 0.717) is 19.5 Å². The molecule has 0 aliphatic heterocycles. The molecule has 0 fully saturated rings. The average Bonchev–Trinajstić information content (AvgIpc) is 2.50. The summed E-state index contributed by atoms with van der Waals surface area (Å²) in [5.41, 5.74) is 0. The number of rotatable bonds is 14. The molecule has 0 saturated carbocycles. The van der Waals surface area contributed by atoms with Crippen LogP contribution >= 0.6 is 0 Å². The second-order valence-electron chi connectivity index (χ2n) is 5.97. The van der Waals surface area contributed by atoms with Crippen molar-refractivity contribution in [3.8, 4) is 6.07 Å². The molecule has 4 nitrogen and oxygen atoms in total. The predicted octanol–water partition coefficient (Wildman–Crippen LogP) is 4.47. The first-order valence-corrected chi connectivity index (χ1v) is 10.4. The molecule has 0 bridgehead atoms. The van der Waals surface area contributed by atoms with E-state index in [1.807, 2.05) is 13.0 Å². The van der Waals surface area contributed by atoms with E-state index in [9.17, 15) is 13.7 Å². The first kappa shape index (κ1) is 21.4. The molecule has 0 N–H and O–H groups in total. The molecule has 0 aliphatic carbocycles. The summed E-state index contributed by atoms with van der Waals surface area (Å²) >= 11 is 0. The van der Waals surface area contributed by atoms with Crippen LogP contribution in [0.25, 0.3) is 0 Å². The van der Waals surface area contributed by atoms with Crippen LogP contribution < -0.4 is 0 Å². The van der Waals surface area contributed by atoms with Crippen molar-refractivity contribution < 1.29 is 8.42 Å². The van der Waals surface area contributed by atoms with E-state index >= 15 is 0 Å². The van der Waals surface area contributed by atoms with Crippen molar-refractivity contribution in [1.82, 2.24) is 4.31 Å². The molecule has 0 aromatic heterocycles. The molecule has 0 rings (SSSR count). The Balaban J connectivity index is 4.74. The molecular weight excluding hydrogens is 296 g/mol. The van der Waals surface area contributed by atoms with Gasteiger partial charge in [-0.1, -0.05) is 65.7 Å². The molecule has 0 aromatic rings. The van der Waals surface area contributed by atoms with Crippen molar-refractivity contribution in [3.05, 3.63) is 0 Å². The van der Waals surface area contributed by atoms with Crippen molar-refractivity contribution in [2.45, 2.75) is 90.2 Å². The van der Waals surface area contributed by atoms with Crippen LogP contribution in [0.3, 0.4) is 0 Å². The minimum Gasteiger partial charge on any atom is -0.211 e. The van der Waals surface area contributed by atoms with Crippen molar-refractivity contribution in [2.75, 3.05) is 13.1 Å². The number of hydrogen-bond acceptors (Lipinski definition) is 3. The first-order chi connectivity index (χ1) is 10.5. The van der Waals surface area contributed by atoms with E-state index < -0.39 is 15.3 Å². The van der Waals surface area contributed by atoms with Gasteiger partial charge in [0.1, 0.15) is 0 Å². The van der Waals surface area contributed by atoms with Crippen LogP contribution in [0.2, 0.25) is 0 Å². The van der Waals surface area contributed by atoms with Gasteiger partial charge in [-0.3, -0.25) is 0 Å². The molecule has 0 saturated heterocycles. The van der Waals surface area contributed by atoms with Crippen molar-refractivity contribution in [1.29, 1.82) is 5.26 Å². The quantitative estimate of drug-likeness (QED) is 0.441. The van der Waals surface area contributed by atoms with Crippen molar-refractivity contribution in [3.63, 3.8) is 0 Å². The Morgan fingerprint density at radius 2 is 1.36 bits per heavy atom. The highest BCUT2D eigenvalue weighted by molar-refractivity contribution is 7.90. The average molecular weight is 331 g/mol. The lowest BCUT2D eigenvalue weighted by Gasteiger charge is -2.24. The summed E-state index contributed by atoms with van der Waals surface area (Å²) in [7, 11) is -3.48. The third kappa shape index (κ3) is 8.14. The minimum absolute atomic E-state index is 0.430. The Morgan fingerprint density at radius 3 is 1.73 bits per heavy atom. The first-order valence-electron chi connectivity index (χ1n) is 8.93. The maximum Gasteiger partial charge on any atom is 0.230 e. The number of hydrogen-bond donors (Lipinski definition) is 0. The lowest BCUT2D eigenvalue weighted by molar-refractivity contribution is 0.381. The van der Waals surface area contributed by atoms with Crippen LogP contribution in [-0.2, 0) is 10.0 Å². The van der Waals surface area contributed by atoms with Gasteiger partial charge in [-0.15, -0.1) is 0 Å². The Labute approximate surface area is 137 Å². The molecule has 0 aliphatic rings. The van der Waals surface area contributed by atoms with Gasteiger partial charge in [-0.2, -0.15) is 5.26 Å². The fraction of sp³-hybridized carbons (Fsp3) is 0.941. The largest absolute Gasteiger partial charge is 0.230 e. The zero-order valence-electron chi connectivity index (χ0n) is 14.7. The lowest BCUT2D eigenvalue weighted by Crippen LogP contribution is -2.39. The van der Waals surface area contributed by atoms with Gasteiger partial charge >= 0.3 is 0 Å². The maximum absolute atomic E-state index is 12.7. The summed E-state index contributed by atoms with van der Waals surface area (Å²) in [6.07, 6.45) is 9.61. The maximum atomic E-state index is 12.7. The molecule has 0 radical (unpaired) electrons. The highest BCUT2D eigenvalue weighted by Gasteiger charge is 2.30. The number of unbranched alkanes of at least 4 members (excludes halogenated alkanes) is 6. The molecule has 0 amide bonds. The van der Waals surface area contributed by atoms with Crippen LogP contribution in [0, 0.1) is 11.3 Å². The van der Waals surface area contributed by atoms with E-state index in [4.69, 9.17) is 0 Å². The summed E-state index contributed by atoms with van der Waals surface area (Å²) in [5, 5.41) is 8.33. The smallest absolute Gasteiger partial charge is 0.211 e. The third-order valence-electron chi connectivity index (χ3n) is 3.94. The van der Waals surface area contributed by atoms with E-state index in [-0.39, 0.29) is 0 Å². The van der Waals surface area contributed by atoms with Crippen LogP contribution in [0.5, 0.6) is 0 Å². The Bertz CT molecular complexity index is 389. The minimum atomic E-state index is -3.48.